The molecule has 1 aromatic rings. The summed E-state index contributed by atoms with van der Waals surface area (Å²) in [5, 5.41) is 0. The molecule has 0 radical (unpaired) electrons. The van der Waals surface area contributed by atoms with Gasteiger partial charge in [0, 0.05) is 0 Å². The van der Waals surface area contributed by atoms with Crippen LogP contribution in [-0.2, 0) is 0 Å². The van der Waals surface area contributed by atoms with E-state index in [1.54, 1.807) is 6.92 Å². The first-order valence-electron chi connectivity index (χ1n) is 3.40. The zero-order valence-electron chi connectivity index (χ0n) is 6.65. The standard InChI is InChI=1S/C8H6F4O/c1-5-2-3-7(6(9)4-5)13-8(10,11)12/h2-4H,1H3. The zero-order chi connectivity index (χ0) is 10.1. The molecular formula is C8H6F4O. The number of halogens is 4. The second-order valence-electron chi connectivity index (χ2n) is 2.48. The molecule has 1 aromatic carbocycles. The van der Waals surface area contributed by atoms with Gasteiger partial charge in [-0.1, -0.05) is 6.07 Å². The van der Waals surface area contributed by atoms with Gasteiger partial charge in [-0.3, -0.25) is 0 Å². The first-order chi connectivity index (χ1) is 5.88. The molecule has 13 heavy (non-hydrogen) atoms. The highest BCUT2D eigenvalue weighted by Crippen LogP contribution is 2.25. The van der Waals surface area contributed by atoms with Gasteiger partial charge in [-0.05, 0) is 24.6 Å². The second-order valence-corrected chi connectivity index (χ2v) is 2.48. The van der Waals surface area contributed by atoms with Crippen molar-refractivity contribution < 1.29 is 22.3 Å². The van der Waals surface area contributed by atoms with Crippen molar-refractivity contribution in [1.29, 1.82) is 0 Å². The molecule has 5 heteroatoms. The molecule has 0 N–H and O–H groups in total. The highest BCUT2D eigenvalue weighted by atomic mass is 19.4. The van der Waals surface area contributed by atoms with E-state index in [1.165, 1.54) is 6.07 Å². The van der Waals surface area contributed by atoms with Crippen molar-refractivity contribution in [3.05, 3.63) is 29.6 Å². The van der Waals surface area contributed by atoms with Crippen LogP contribution in [0, 0.1) is 12.7 Å². The molecule has 1 rings (SSSR count). The molecule has 0 bridgehead atoms. The first-order valence-corrected chi connectivity index (χ1v) is 3.40. The minimum atomic E-state index is -4.85. The molecule has 1 nitrogen and oxygen atoms in total. The van der Waals surface area contributed by atoms with Crippen molar-refractivity contribution in [3.8, 4) is 5.75 Å². The fraction of sp³-hybridized carbons (Fsp3) is 0.250. The van der Waals surface area contributed by atoms with Gasteiger partial charge >= 0.3 is 6.36 Å². The Bertz CT molecular complexity index is 306. The smallest absolute Gasteiger partial charge is 0.403 e. The number of hydrogen-bond donors (Lipinski definition) is 0. The molecule has 0 aliphatic carbocycles. The fourth-order valence-corrected chi connectivity index (χ4v) is 0.813. The van der Waals surface area contributed by atoms with E-state index in [9.17, 15) is 17.6 Å². The minimum Gasteiger partial charge on any atom is -0.403 e. The van der Waals surface area contributed by atoms with Crippen LogP contribution in [0.15, 0.2) is 18.2 Å². The Kier molecular flexibility index (Phi) is 2.45. The van der Waals surface area contributed by atoms with Crippen LogP contribution in [0.25, 0.3) is 0 Å². The Morgan fingerprint density at radius 3 is 2.31 bits per heavy atom. The highest BCUT2D eigenvalue weighted by Gasteiger charge is 2.32. The Balaban J connectivity index is 2.90. The van der Waals surface area contributed by atoms with Crippen LogP contribution in [0.4, 0.5) is 17.6 Å². The minimum absolute atomic E-state index is 0.534. The Hall–Kier alpha value is -1.26. The van der Waals surface area contributed by atoms with Crippen molar-refractivity contribution in [2.24, 2.45) is 0 Å². The predicted octanol–water partition coefficient (Wildman–Crippen LogP) is 3.03. The number of benzene rings is 1. The van der Waals surface area contributed by atoms with Crippen LogP contribution >= 0.6 is 0 Å². The van der Waals surface area contributed by atoms with Crippen LogP contribution < -0.4 is 4.74 Å². The summed E-state index contributed by atoms with van der Waals surface area (Å²) in [7, 11) is 0. The largest absolute Gasteiger partial charge is 0.573 e. The molecule has 0 saturated carbocycles. The average molecular weight is 194 g/mol. The van der Waals surface area contributed by atoms with Crippen molar-refractivity contribution in [2.75, 3.05) is 0 Å². The van der Waals surface area contributed by atoms with Gasteiger partial charge in [-0.25, -0.2) is 4.39 Å². The molecule has 0 atom stereocenters. The third-order valence-corrected chi connectivity index (χ3v) is 1.31. The lowest BCUT2D eigenvalue weighted by molar-refractivity contribution is -0.275. The third kappa shape index (κ3) is 2.93. The maximum absolute atomic E-state index is 12.8. The van der Waals surface area contributed by atoms with Crippen LogP contribution in [-0.4, -0.2) is 6.36 Å². The van der Waals surface area contributed by atoms with Crippen molar-refractivity contribution in [2.45, 2.75) is 13.3 Å². The quantitative estimate of drug-likeness (QED) is 0.624. The third-order valence-electron chi connectivity index (χ3n) is 1.31. The van der Waals surface area contributed by atoms with Crippen LogP contribution in [0.5, 0.6) is 5.75 Å². The maximum Gasteiger partial charge on any atom is 0.573 e. The number of ether oxygens (including phenoxy) is 1. The number of hydrogen-bond acceptors (Lipinski definition) is 1. The summed E-state index contributed by atoms with van der Waals surface area (Å²) >= 11 is 0. The van der Waals surface area contributed by atoms with Crippen LogP contribution in [0.3, 0.4) is 0 Å². The van der Waals surface area contributed by atoms with Gasteiger partial charge in [-0.2, -0.15) is 0 Å². The normalized spacial score (nSPS) is 11.5. The maximum atomic E-state index is 12.8. The van der Waals surface area contributed by atoms with E-state index in [-0.39, 0.29) is 0 Å². The Labute approximate surface area is 71.9 Å². The molecule has 72 valence electrons. The Morgan fingerprint density at radius 1 is 1.23 bits per heavy atom. The van der Waals surface area contributed by atoms with Crippen molar-refractivity contribution in [1.82, 2.24) is 0 Å². The van der Waals surface area contributed by atoms with Gasteiger partial charge in [0.15, 0.2) is 11.6 Å². The lowest BCUT2D eigenvalue weighted by atomic mass is 10.2. The van der Waals surface area contributed by atoms with Gasteiger partial charge in [-0.15, -0.1) is 13.2 Å². The summed E-state index contributed by atoms with van der Waals surface area (Å²) in [6.07, 6.45) is -4.85. The predicted molar refractivity (Wildman–Crippen MR) is 37.8 cm³/mol. The van der Waals surface area contributed by atoms with E-state index in [4.69, 9.17) is 0 Å². The molecule has 0 heterocycles. The van der Waals surface area contributed by atoms with Gasteiger partial charge < -0.3 is 4.74 Å². The molecule has 0 saturated heterocycles. The van der Waals surface area contributed by atoms with Crippen molar-refractivity contribution >= 4 is 0 Å². The monoisotopic (exact) mass is 194 g/mol. The van der Waals surface area contributed by atoms with Gasteiger partial charge in [0.1, 0.15) is 0 Å². The zero-order valence-corrected chi connectivity index (χ0v) is 6.65. The molecule has 0 aromatic heterocycles. The SMILES string of the molecule is Cc1ccc(OC(F)(F)F)c(F)c1. The fourth-order valence-electron chi connectivity index (χ4n) is 0.813. The molecule has 0 aliphatic rings. The average Bonchev–Trinajstić information content (AvgIpc) is 1.93. The summed E-state index contributed by atoms with van der Waals surface area (Å²) in [4.78, 5) is 0. The van der Waals surface area contributed by atoms with Crippen molar-refractivity contribution in [3.63, 3.8) is 0 Å². The van der Waals surface area contributed by atoms with E-state index >= 15 is 0 Å². The lowest BCUT2D eigenvalue weighted by Crippen LogP contribution is -2.17. The molecule has 0 fully saturated rings. The summed E-state index contributed by atoms with van der Waals surface area (Å²) in [6.45, 7) is 1.57. The summed E-state index contributed by atoms with van der Waals surface area (Å²) < 4.78 is 51.1. The second kappa shape index (κ2) is 3.24. The Morgan fingerprint density at radius 2 is 1.85 bits per heavy atom. The van der Waals surface area contributed by atoms with E-state index in [1.807, 2.05) is 0 Å². The molecule has 0 spiro atoms. The lowest BCUT2D eigenvalue weighted by Gasteiger charge is -2.09. The first kappa shape index (κ1) is 9.83. The van der Waals surface area contributed by atoms with E-state index in [2.05, 4.69) is 4.74 Å². The van der Waals surface area contributed by atoms with Crippen LogP contribution in [0.1, 0.15) is 5.56 Å². The van der Waals surface area contributed by atoms with E-state index in [0.717, 1.165) is 12.1 Å². The number of rotatable bonds is 1. The highest BCUT2D eigenvalue weighted by molar-refractivity contribution is 5.28. The van der Waals surface area contributed by atoms with Gasteiger partial charge in [0.2, 0.25) is 0 Å². The molecule has 0 unspecified atom stereocenters. The van der Waals surface area contributed by atoms with Crippen LogP contribution in [0.2, 0.25) is 0 Å². The van der Waals surface area contributed by atoms with Gasteiger partial charge in [0.05, 0.1) is 0 Å². The van der Waals surface area contributed by atoms with E-state index < -0.39 is 17.9 Å². The molecule has 0 amide bonds. The molecule has 0 aliphatic heterocycles. The summed E-state index contributed by atoms with van der Waals surface area (Å²) in [6, 6.07) is 3.25. The number of alkyl halides is 3. The van der Waals surface area contributed by atoms with E-state index in [0.29, 0.717) is 5.56 Å². The topological polar surface area (TPSA) is 9.23 Å². The van der Waals surface area contributed by atoms with Gasteiger partial charge in [0.25, 0.3) is 0 Å². The number of aryl methyl sites for hydroxylation is 1. The summed E-state index contributed by atoms with van der Waals surface area (Å²) in [5.41, 5.74) is 0.534. The molecular weight excluding hydrogens is 188 g/mol. The summed E-state index contributed by atoms with van der Waals surface area (Å²) in [5.74, 6) is -1.82.